The lowest BCUT2D eigenvalue weighted by atomic mass is 9.91. The first kappa shape index (κ1) is 15.2. The maximum absolute atomic E-state index is 13.2. The fourth-order valence-corrected chi connectivity index (χ4v) is 4.29. The number of nitrogens with zero attached hydrogens (tertiary/aromatic N) is 1. The van der Waals surface area contributed by atoms with Crippen molar-refractivity contribution in [3.05, 3.63) is 57.5 Å². The Kier molecular flexibility index (Phi) is 4.30. The molecule has 22 heavy (non-hydrogen) atoms. The number of amides is 1. The predicted octanol–water partition coefficient (Wildman–Crippen LogP) is 4.66. The van der Waals surface area contributed by atoms with Gasteiger partial charge in [0.1, 0.15) is 5.82 Å². The maximum Gasteiger partial charge on any atom is 0.223 e. The lowest BCUT2D eigenvalue weighted by molar-refractivity contribution is -0.130. The second-order valence-corrected chi connectivity index (χ2v) is 7.24. The van der Waals surface area contributed by atoms with E-state index in [1.807, 2.05) is 17.0 Å². The summed E-state index contributed by atoms with van der Waals surface area (Å²) < 4.78 is 13.2. The van der Waals surface area contributed by atoms with Crippen molar-refractivity contribution in [3.8, 4) is 0 Å². The molecule has 2 atom stereocenters. The first-order valence-corrected chi connectivity index (χ1v) is 8.49. The number of carbonyl (C=O) groups is 1. The van der Waals surface area contributed by atoms with Gasteiger partial charge in [-0.3, -0.25) is 4.79 Å². The van der Waals surface area contributed by atoms with Crippen LogP contribution in [0.15, 0.2) is 36.4 Å². The summed E-state index contributed by atoms with van der Waals surface area (Å²) in [7, 11) is 0. The average molecular weight is 317 g/mol. The highest BCUT2D eigenvalue weighted by molar-refractivity contribution is 7.12. The Balaban J connectivity index is 1.97. The van der Waals surface area contributed by atoms with E-state index in [4.69, 9.17) is 0 Å². The monoisotopic (exact) mass is 317 g/mol. The summed E-state index contributed by atoms with van der Waals surface area (Å²) in [5.41, 5.74) is 1.07. The van der Waals surface area contributed by atoms with Crippen molar-refractivity contribution in [1.82, 2.24) is 4.90 Å². The minimum Gasteiger partial charge on any atom is -0.334 e. The topological polar surface area (TPSA) is 20.3 Å². The molecule has 2 aromatic rings. The van der Waals surface area contributed by atoms with Gasteiger partial charge in [-0.2, -0.15) is 0 Å². The van der Waals surface area contributed by atoms with Gasteiger partial charge >= 0.3 is 0 Å². The van der Waals surface area contributed by atoms with Crippen molar-refractivity contribution in [3.63, 3.8) is 0 Å². The number of rotatable bonds is 4. The molecule has 0 bridgehead atoms. The third kappa shape index (κ3) is 2.93. The molecule has 1 amide bonds. The summed E-state index contributed by atoms with van der Waals surface area (Å²) >= 11 is 1.74. The Labute approximate surface area is 134 Å². The summed E-state index contributed by atoms with van der Waals surface area (Å²) in [5.74, 6) is 0.141. The molecule has 0 saturated carbocycles. The Bertz CT molecular complexity index is 664. The quantitative estimate of drug-likeness (QED) is 0.803. The van der Waals surface area contributed by atoms with E-state index < -0.39 is 0 Å². The first-order valence-electron chi connectivity index (χ1n) is 7.67. The van der Waals surface area contributed by atoms with Crippen LogP contribution in [-0.4, -0.2) is 17.4 Å². The zero-order valence-corrected chi connectivity index (χ0v) is 13.7. The molecule has 0 unspecified atom stereocenters. The van der Waals surface area contributed by atoms with Crippen molar-refractivity contribution >= 4 is 17.2 Å². The van der Waals surface area contributed by atoms with Crippen LogP contribution in [0.4, 0.5) is 4.39 Å². The largest absolute Gasteiger partial charge is 0.334 e. The SMILES string of the molecule is Cc1ccc([C@@H]([C@@H](C)c2ccc(F)cc2)N2CCCC2=O)s1. The number of thiophene rings is 1. The van der Waals surface area contributed by atoms with Gasteiger partial charge in [0.15, 0.2) is 0 Å². The lowest BCUT2D eigenvalue weighted by Crippen LogP contribution is -2.32. The highest BCUT2D eigenvalue weighted by Crippen LogP contribution is 2.40. The zero-order valence-electron chi connectivity index (χ0n) is 12.9. The molecule has 1 aromatic heterocycles. The van der Waals surface area contributed by atoms with Gasteiger partial charge < -0.3 is 4.90 Å². The third-order valence-corrected chi connectivity index (χ3v) is 5.44. The molecule has 1 aliphatic rings. The normalized spacial score (nSPS) is 17.8. The van der Waals surface area contributed by atoms with Gasteiger partial charge in [0, 0.05) is 28.6 Å². The van der Waals surface area contributed by atoms with Gasteiger partial charge in [0.2, 0.25) is 5.91 Å². The average Bonchev–Trinajstić information content (AvgIpc) is 3.10. The molecule has 1 aliphatic heterocycles. The lowest BCUT2D eigenvalue weighted by Gasteiger charge is -2.32. The summed E-state index contributed by atoms with van der Waals surface area (Å²) in [6.45, 7) is 5.02. The maximum atomic E-state index is 13.2. The van der Waals surface area contributed by atoms with E-state index in [9.17, 15) is 9.18 Å². The van der Waals surface area contributed by atoms with Gasteiger partial charge in [-0.15, -0.1) is 11.3 Å². The summed E-state index contributed by atoms with van der Waals surface area (Å²) in [6.07, 6.45) is 1.56. The van der Waals surface area contributed by atoms with Crippen LogP contribution in [0.1, 0.15) is 47.0 Å². The van der Waals surface area contributed by atoms with Gasteiger partial charge in [-0.05, 0) is 43.2 Å². The number of carbonyl (C=O) groups excluding carboxylic acids is 1. The Morgan fingerprint density at radius 3 is 2.45 bits per heavy atom. The van der Waals surface area contributed by atoms with E-state index in [1.165, 1.54) is 21.9 Å². The van der Waals surface area contributed by atoms with Crippen molar-refractivity contribution in [2.24, 2.45) is 0 Å². The zero-order chi connectivity index (χ0) is 15.7. The van der Waals surface area contributed by atoms with Crippen LogP contribution in [0.2, 0.25) is 0 Å². The van der Waals surface area contributed by atoms with E-state index in [1.54, 1.807) is 11.3 Å². The summed E-state index contributed by atoms with van der Waals surface area (Å²) in [6, 6.07) is 10.9. The van der Waals surface area contributed by atoms with Gasteiger partial charge in [0.05, 0.1) is 6.04 Å². The molecular weight excluding hydrogens is 297 g/mol. The molecule has 2 nitrogen and oxygen atoms in total. The number of hydrogen-bond donors (Lipinski definition) is 0. The molecule has 1 fully saturated rings. The minimum atomic E-state index is -0.225. The number of likely N-dealkylation sites (tertiary alicyclic amines) is 1. The second-order valence-electron chi connectivity index (χ2n) is 5.92. The van der Waals surface area contributed by atoms with Gasteiger partial charge in [0.25, 0.3) is 0 Å². The molecule has 3 rings (SSSR count). The van der Waals surface area contributed by atoms with Crippen LogP contribution in [0.5, 0.6) is 0 Å². The van der Waals surface area contributed by atoms with E-state index in [0.717, 1.165) is 18.5 Å². The molecular formula is C18H20FNOS. The van der Waals surface area contributed by atoms with E-state index in [0.29, 0.717) is 6.42 Å². The number of halogens is 1. The van der Waals surface area contributed by atoms with Crippen molar-refractivity contribution < 1.29 is 9.18 Å². The molecule has 1 saturated heterocycles. The number of aryl methyl sites for hydroxylation is 1. The van der Waals surface area contributed by atoms with E-state index in [2.05, 4.69) is 26.0 Å². The Morgan fingerprint density at radius 2 is 1.91 bits per heavy atom. The molecule has 1 aromatic carbocycles. The first-order chi connectivity index (χ1) is 10.6. The number of hydrogen-bond acceptors (Lipinski definition) is 2. The van der Waals surface area contributed by atoms with Crippen molar-refractivity contribution in [1.29, 1.82) is 0 Å². The smallest absolute Gasteiger partial charge is 0.223 e. The molecule has 0 spiro atoms. The second kappa shape index (κ2) is 6.21. The van der Waals surface area contributed by atoms with Crippen LogP contribution < -0.4 is 0 Å². The van der Waals surface area contributed by atoms with Crippen LogP contribution in [-0.2, 0) is 4.79 Å². The highest BCUT2D eigenvalue weighted by atomic mass is 32.1. The van der Waals surface area contributed by atoms with Crippen LogP contribution in [0.25, 0.3) is 0 Å². The minimum absolute atomic E-state index is 0.0409. The molecule has 2 heterocycles. The molecule has 0 N–H and O–H groups in total. The van der Waals surface area contributed by atoms with Crippen molar-refractivity contribution in [2.45, 2.75) is 38.6 Å². The van der Waals surface area contributed by atoms with Crippen LogP contribution in [0.3, 0.4) is 0 Å². The molecule has 116 valence electrons. The summed E-state index contributed by atoms with van der Waals surface area (Å²) in [4.78, 5) is 16.7. The molecule has 0 radical (unpaired) electrons. The van der Waals surface area contributed by atoms with Crippen LogP contribution >= 0.6 is 11.3 Å². The van der Waals surface area contributed by atoms with E-state index in [-0.39, 0.29) is 23.7 Å². The number of benzene rings is 1. The predicted molar refractivity (Wildman–Crippen MR) is 87.6 cm³/mol. The molecule has 4 heteroatoms. The fourth-order valence-electron chi connectivity index (χ4n) is 3.19. The highest BCUT2D eigenvalue weighted by Gasteiger charge is 2.34. The summed E-state index contributed by atoms with van der Waals surface area (Å²) in [5, 5.41) is 0. The van der Waals surface area contributed by atoms with E-state index >= 15 is 0 Å². The fraction of sp³-hybridized carbons (Fsp3) is 0.389. The Morgan fingerprint density at radius 1 is 1.18 bits per heavy atom. The van der Waals surface area contributed by atoms with Gasteiger partial charge in [-0.25, -0.2) is 4.39 Å². The molecule has 0 aliphatic carbocycles. The van der Waals surface area contributed by atoms with Gasteiger partial charge in [-0.1, -0.05) is 19.1 Å². The third-order valence-electron chi connectivity index (χ3n) is 4.37. The van der Waals surface area contributed by atoms with Crippen LogP contribution in [0, 0.1) is 12.7 Å². The van der Waals surface area contributed by atoms with Crippen molar-refractivity contribution in [2.75, 3.05) is 6.54 Å². The standard InChI is InChI=1S/C18H20FNOS/c1-12-5-10-16(22-12)18(20-11-3-4-17(20)21)13(2)14-6-8-15(19)9-7-14/h5-10,13,18H,3-4,11H2,1-2H3/t13-,18+/m0/s1. The Hall–Kier alpha value is -1.68.